The van der Waals surface area contributed by atoms with Crippen molar-refractivity contribution < 1.29 is 0 Å². The third-order valence-electron chi connectivity index (χ3n) is 9.80. The maximum absolute atomic E-state index is 5.40. The van der Waals surface area contributed by atoms with Gasteiger partial charge in [0.1, 0.15) is 5.84 Å². The lowest BCUT2D eigenvalue weighted by Gasteiger charge is -2.24. The zero-order chi connectivity index (χ0) is 32.3. The molecule has 2 heterocycles. The van der Waals surface area contributed by atoms with E-state index in [1.807, 2.05) is 0 Å². The Balaban J connectivity index is 1.20. The molecule has 1 aliphatic heterocycles. The van der Waals surface area contributed by atoms with E-state index in [0.717, 1.165) is 45.1 Å². The molecule has 0 amide bonds. The molecule has 1 atom stereocenters. The summed E-state index contributed by atoms with van der Waals surface area (Å²) in [5, 5.41) is 11.3. The maximum atomic E-state index is 5.40. The Labute approximate surface area is 283 Å². The SMILES string of the molecule is c1ccc(-c2cccc(C3=NC(c4cccc(-c5ccccc5)c4)N=C(n4c5cccc6c7ccccc7c7cccc4c7c65)N3)c2)cc1. The highest BCUT2D eigenvalue weighted by Gasteiger charge is 2.26. The summed E-state index contributed by atoms with van der Waals surface area (Å²) < 4.78 is 2.30. The van der Waals surface area contributed by atoms with Crippen LogP contribution in [0.5, 0.6) is 0 Å². The second-order valence-electron chi connectivity index (χ2n) is 12.6. The lowest BCUT2D eigenvalue weighted by atomic mass is 9.95. The fourth-order valence-corrected chi connectivity index (χ4v) is 7.57. The molecule has 1 N–H and O–H groups in total. The van der Waals surface area contributed by atoms with Gasteiger partial charge >= 0.3 is 0 Å². The highest BCUT2D eigenvalue weighted by Crippen LogP contribution is 2.42. The van der Waals surface area contributed by atoms with E-state index in [9.17, 15) is 0 Å². The number of hydrogen-bond acceptors (Lipinski definition) is 3. The Bertz CT molecular complexity index is 2650. The van der Waals surface area contributed by atoms with E-state index in [0.29, 0.717) is 0 Å². The molecule has 0 spiro atoms. The monoisotopic (exact) mass is 626 g/mol. The van der Waals surface area contributed by atoms with Crippen molar-refractivity contribution in [3.05, 3.63) is 181 Å². The minimum atomic E-state index is -0.448. The number of aromatic nitrogens is 1. The predicted molar refractivity (Wildman–Crippen MR) is 205 cm³/mol. The third kappa shape index (κ3) is 4.45. The van der Waals surface area contributed by atoms with Crippen LogP contribution in [0.15, 0.2) is 180 Å². The zero-order valence-corrected chi connectivity index (χ0v) is 26.6. The molecule has 8 aromatic carbocycles. The summed E-state index contributed by atoms with van der Waals surface area (Å²) in [6.07, 6.45) is -0.448. The highest BCUT2D eigenvalue weighted by molar-refractivity contribution is 6.35. The fraction of sp³-hybridized carbons (Fsp3) is 0.0222. The van der Waals surface area contributed by atoms with Crippen molar-refractivity contribution in [1.82, 2.24) is 9.88 Å². The van der Waals surface area contributed by atoms with Crippen LogP contribution in [-0.2, 0) is 0 Å². The first-order chi connectivity index (χ1) is 24.3. The summed E-state index contributed by atoms with van der Waals surface area (Å²) in [5.41, 5.74) is 8.92. The van der Waals surface area contributed by atoms with Crippen LogP contribution in [0.3, 0.4) is 0 Å². The van der Waals surface area contributed by atoms with E-state index in [1.54, 1.807) is 0 Å². The van der Waals surface area contributed by atoms with E-state index >= 15 is 0 Å². The lowest BCUT2D eigenvalue weighted by Crippen LogP contribution is -2.39. The molecule has 0 fully saturated rings. The first kappa shape index (κ1) is 27.6. The quantitative estimate of drug-likeness (QED) is 0.194. The number of hydrogen-bond donors (Lipinski definition) is 1. The Morgan fingerprint density at radius 3 is 1.53 bits per heavy atom. The highest BCUT2D eigenvalue weighted by atomic mass is 15.3. The molecular weight excluding hydrogens is 597 g/mol. The standard InChI is InChI=1S/C45H30N4/c1-3-13-29(14-4-1)31-17-9-19-33(27-31)43-46-44(34-20-10-18-32(28-34)30-15-5-2-6-16-30)48-45(47-43)49-39-25-11-23-37-35-21-7-8-22-36(35)38-24-12-26-40(49)42(38)41(37)39/h1-28,43H,(H,46,47,48). The molecule has 0 radical (unpaired) electrons. The van der Waals surface area contributed by atoms with Crippen LogP contribution in [0.1, 0.15) is 17.3 Å². The number of benzene rings is 8. The van der Waals surface area contributed by atoms with Crippen molar-refractivity contribution in [1.29, 1.82) is 0 Å². The van der Waals surface area contributed by atoms with Crippen molar-refractivity contribution in [2.75, 3.05) is 0 Å². The van der Waals surface area contributed by atoms with Gasteiger partial charge in [0.2, 0.25) is 5.96 Å². The maximum Gasteiger partial charge on any atom is 0.211 e. The number of amidine groups is 1. The number of nitrogens with zero attached hydrogens (tertiary/aromatic N) is 3. The minimum absolute atomic E-state index is 0.448. The summed E-state index contributed by atoms with van der Waals surface area (Å²) in [4.78, 5) is 10.7. The Hall–Kier alpha value is -6.52. The van der Waals surface area contributed by atoms with Crippen molar-refractivity contribution in [3.63, 3.8) is 0 Å². The van der Waals surface area contributed by atoms with Crippen LogP contribution >= 0.6 is 0 Å². The molecule has 0 aliphatic carbocycles. The van der Waals surface area contributed by atoms with Gasteiger partial charge in [0.25, 0.3) is 0 Å². The van der Waals surface area contributed by atoms with E-state index in [1.165, 1.54) is 43.4 Å². The summed E-state index contributed by atoms with van der Waals surface area (Å²) >= 11 is 0. The molecule has 1 aromatic heterocycles. The van der Waals surface area contributed by atoms with Crippen molar-refractivity contribution in [2.45, 2.75) is 6.17 Å². The predicted octanol–water partition coefficient (Wildman–Crippen LogP) is 10.8. The van der Waals surface area contributed by atoms with Gasteiger partial charge in [-0.2, -0.15) is 0 Å². The molecule has 1 aliphatic rings. The molecule has 9 aromatic rings. The van der Waals surface area contributed by atoms with Crippen LogP contribution in [-0.4, -0.2) is 16.4 Å². The number of rotatable bonds is 4. The van der Waals surface area contributed by atoms with Gasteiger partial charge in [-0.3, -0.25) is 4.57 Å². The van der Waals surface area contributed by atoms with Gasteiger partial charge < -0.3 is 5.32 Å². The van der Waals surface area contributed by atoms with Gasteiger partial charge in [-0.05, 0) is 73.6 Å². The van der Waals surface area contributed by atoms with Gasteiger partial charge in [-0.1, -0.05) is 146 Å². The van der Waals surface area contributed by atoms with Gasteiger partial charge in [0.15, 0.2) is 6.17 Å². The molecule has 0 bridgehead atoms. The first-order valence-corrected chi connectivity index (χ1v) is 16.7. The smallest absolute Gasteiger partial charge is 0.211 e. The second-order valence-corrected chi connectivity index (χ2v) is 12.6. The largest absolute Gasteiger partial charge is 0.310 e. The molecule has 49 heavy (non-hydrogen) atoms. The van der Waals surface area contributed by atoms with Gasteiger partial charge in [0, 0.05) is 16.3 Å². The second kappa shape index (κ2) is 11.0. The van der Waals surface area contributed by atoms with E-state index < -0.39 is 6.17 Å². The number of nitrogens with one attached hydrogen (secondary N) is 1. The Morgan fingerprint density at radius 1 is 0.408 bits per heavy atom. The first-order valence-electron chi connectivity index (χ1n) is 16.7. The molecule has 4 nitrogen and oxygen atoms in total. The van der Waals surface area contributed by atoms with Crippen LogP contribution in [0.4, 0.5) is 0 Å². The van der Waals surface area contributed by atoms with Crippen LogP contribution in [0.25, 0.3) is 65.6 Å². The van der Waals surface area contributed by atoms with E-state index in [4.69, 9.17) is 9.98 Å². The summed E-state index contributed by atoms with van der Waals surface area (Å²) in [5.74, 6) is 1.55. The van der Waals surface area contributed by atoms with E-state index in [2.05, 4.69) is 180 Å². The number of fused-ring (bicyclic) bond motifs is 3. The van der Waals surface area contributed by atoms with Crippen LogP contribution in [0.2, 0.25) is 0 Å². The summed E-state index contributed by atoms with van der Waals surface area (Å²) in [6.45, 7) is 0. The van der Waals surface area contributed by atoms with Crippen molar-refractivity contribution >= 4 is 55.1 Å². The average molecular weight is 627 g/mol. The summed E-state index contributed by atoms with van der Waals surface area (Å²) in [6, 6.07) is 60.2. The van der Waals surface area contributed by atoms with Gasteiger partial charge in [0.05, 0.1) is 11.0 Å². The average Bonchev–Trinajstić information content (AvgIpc) is 3.53. The lowest BCUT2D eigenvalue weighted by molar-refractivity contribution is 0.745. The molecule has 10 rings (SSSR count). The van der Waals surface area contributed by atoms with Gasteiger partial charge in [-0.15, -0.1) is 0 Å². The Morgan fingerprint density at radius 2 is 0.898 bits per heavy atom. The molecular formula is C45H30N4. The molecule has 1 unspecified atom stereocenters. The third-order valence-corrected chi connectivity index (χ3v) is 9.80. The van der Waals surface area contributed by atoms with Crippen molar-refractivity contribution in [2.24, 2.45) is 9.98 Å². The molecule has 4 heteroatoms. The van der Waals surface area contributed by atoms with Crippen molar-refractivity contribution in [3.8, 4) is 22.3 Å². The normalized spacial score (nSPS) is 14.7. The van der Waals surface area contributed by atoms with Gasteiger partial charge in [-0.25, -0.2) is 9.98 Å². The van der Waals surface area contributed by atoms with E-state index in [-0.39, 0.29) is 0 Å². The Kier molecular flexibility index (Phi) is 6.21. The summed E-state index contributed by atoms with van der Waals surface area (Å²) in [7, 11) is 0. The number of aliphatic imine (C=N–C) groups is 2. The van der Waals surface area contributed by atoms with Crippen LogP contribution < -0.4 is 5.32 Å². The molecule has 0 saturated carbocycles. The molecule has 230 valence electrons. The minimum Gasteiger partial charge on any atom is -0.310 e. The zero-order valence-electron chi connectivity index (χ0n) is 26.6. The fourth-order valence-electron chi connectivity index (χ4n) is 7.57. The van der Waals surface area contributed by atoms with Crippen LogP contribution in [0, 0.1) is 0 Å². The molecule has 0 saturated heterocycles. The topological polar surface area (TPSA) is 41.7 Å².